The van der Waals surface area contributed by atoms with E-state index in [1.165, 1.54) is 10.5 Å². The maximum absolute atomic E-state index is 12.9. The first kappa shape index (κ1) is 20.6. The molecule has 5 nitrogen and oxygen atoms in total. The van der Waals surface area contributed by atoms with E-state index in [1.807, 2.05) is 25.1 Å². The number of hydrogen-bond acceptors (Lipinski definition) is 4. The fraction of sp³-hybridized carbons (Fsp3) is 0.364. The molecule has 152 valence electrons. The zero-order valence-electron chi connectivity index (χ0n) is 16.4. The molecule has 0 spiro atoms. The second kappa shape index (κ2) is 9.43. The van der Waals surface area contributed by atoms with E-state index < -0.39 is 0 Å². The van der Waals surface area contributed by atoms with E-state index in [4.69, 9.17) is 9.72 Å². The molecule has 0 radical (unpaired) electrons. The third-order valence-electron chi connectivity index (χ3n) is 5.22. The van der Waals surface area contributed by atoms with Crippen molar-refractivity contribution in [3.8, 4) is 0 Å². The van der Waals surface area contributed by atoms with Crippen molar-refractivity contribution in [1.82, 2.24) is 9.55 Å². The monoisotopic (exact) mass is 474 g/mol. The smallest absolute Gasteiger partial charge is 0.262 e. The summed E-state index contributed by atoms with van der Waals surface area (Å²) in [5, 5.41) is 1.42. The van der Waals surface area contributed by atoms with Gasteiger partial charge in [0, 0.05) is 22.3 Å². The Morgan fingerprint density at radius 1 is 1.28 bits per heavy atom. The summed E-state index contributed by atoms with van der Waals surface area (Å²) in [5.74, 6) is 0.798. The summed E-state index contributed by atoms with van der Waals surface area (Å²) in [7, 11) is 0. The first-order chi connectivity index (χ1) is 14.1. The lowest BCUT2D eigenvalue weighted by atomic mass is 10.2. The Kier molecular flexibility index (Phi) is 6.70. The normalized spacial score (nSPS) is 19.5. The van der Waals surface area contributed by atoms with E-state index in [-0.39, 0.29) is 11.7 Å². The fourth-order valence-electron chi connectivity index (χ4n) is 3.73. The average Bonchev–Trinajstić information content (AvgIpc) is 2.74. The van der Waals surface area contributed by atoms with E-state index in [0.717, 1.165) is 47.1 Å². The van der Waals surface area contributed by atoms with Crippen molar-refractivity contribution >= 4 is 38.6 Å². The van der Waals surface area contributed by atoms with E-state index >= 15 is 0 Å². The summed E-state index contributed by atoms with van der Waals surface area (Å²) in [6.45, 7) is 6.38. The van der Waals surface area contributed by atoms with Crippen LogP contribution in [-0.2, 0) is 17.8 Å². The van der Waals surface area contributed by atoms with Gasteiger partial charge in [-0.15, -0.1) is 0 Å². The molecule has 1 aliphatic heterocycles. The third kappa shape index (κ3) is 4.91. The lowest BCUT2D eigenvalue weighted by molar-refractivity contribution is -0.924. The lowest BCUT2D eigenvalue weighted by Gasteiger charge is -2.30. The average molecular weight is 475 g/mol. The number of ether oxygens (including phenoxy) is 1. The van der Waals surface area contributed by atoms with Crippen molar-refractivity contribution in [3.05, 3.63) is 68.9 Å². The standard InChI is InChI=1S/C22H24BrN3O2S/c1-2-26-21(27)19-12-17(23)8-9-20(19)24-22(26)29-15-18-14-25(10-11-28-18)13-16-6-4-3-5-7-16/h3-9,12,18H,2,10-11,13-15H2,1H3/p+1/t18-/m1/s1. The predicted octanol–water partition coefficient (Wildman–Crippen LogP) is 2.75. The largest absolute Gasteiger partial charge is 0.366 e. The second-order valence-electron chi connectivity index (χ2n) is 7.28. The molecule has 1 fully saturated rings. The van der Waals surface area contributed by atoms with Gasteiger partial charge in [-0.3, -0.25) is 9.36 Å². The number of thioether (sulfide) groups is 1. The van der Waals surface area contributed by atoms with Gasteiger partial charge in [-0.2, -0.15) is 0 Å². The van der Waals surface area contributed by atoms with Crippen LogP contribution in [0.15, 0.2) is 63.0 Å². The molecule has 2 aromatic carbocycles. The highest BCUT2D eigenvalue weighted by Gasteiger charge is 2.24. The molecule has 1 aliphatic rings. The zero-order chi connectivity index (χ0) is 20.2. The van der Waals surface area contributed by atoms with Crippen LogP contribution in [0.2, 0.25) is 0 Å². The number of nitrogens with zero attached hydrogens (tertiary/aromatic N) is 2. The molecular weight excluding hydrogens is 450 g/mol. The van der Waals surface area contributed by atoms with Gasteiger partial charge in [0.05, 0.1) is 17.5 Å². The maximum Gasteiger partial charge on any atom is 0.262 e. The van der Waals surface area contributed by atoms with Gasteiger partial charge in [0.25, 0.3) is 5.56 Å². The number of aromatic nitrogens is 2. The number of halogens is 1. The van der Waals surface area contributed by atoms with Gasteiger partial charge in [-0.1, -0.05) is 58.0 Å². The Morgan fingerprint density at radius 3 is 2.90 bits per heavy atom. The van der Waals surface area contributed by atoms with Gasteiger partial charge in [0.1, 0.15) is 25.7 Å². The molecular formula is C22H25BrN3O2S+. The summed E-state index contributed by atoms with van der Waals surface area (Å²) in [4.78, 5) is 19.2. The van der Waals surface area contributed by atoms with Crippen molar-refractivity contribution in [3.63, 3.8) is 0 Å². The van der Waals surface area contributed by atoms with Gasteiger partial charge in [0.2, 0.25) is 0 Å². The Balaban J connectivity index is 1.46. The van der Waals surface area contributed by atoms with Crippen LogP contribution < -0.4 is 10.5 Å². The fourth-order valence-corrected chi connectivity index (χ4v) is 5.18. The molecule has 1 aromatic heterocycles. The van der Waals surface area contributed by atoms with Gasteiger partial charge < -0.3 is 9.64 Å². The van der Waals surface area contributed by atoms with Crippen molar-refractivity contribution < 1.29 is 9.64 Å². The molecule has 4 rings (SSSR count). The van der Waals surface area contributed by atoms with Gasteiger partial charge in [-0.25, -0.2) is 4.98 Å². The minimum Gasteiger partial charge on any atom is -0.366 e. The number of quaternary nitrogens is 1. The molecule has 7 heteroatoms. The quantitative estimate of drug-likeness (QED) is 0.440. The lowest BCUT2D eigenvalue weighted by Crippen LogP contribution is -3.13. The Bertz CT molecular complexity index is 1040. The molecule has 29 heavy (non-hydrogen) atoms. The molecule has 0 saturated carbocycles. The molecule has 2 heterocycles. The highest BCUT2D eigenvalue weighted by Crippen LogP contribution is 2.21. The summed E-state index contributed by atoms with van der Waals surface area (Å²) >= 11 is 5.07. The molecule has 3 aromatic rings. The summed E-state index contributed by atoms with van der Waals surface area (Å²) in [6, 6.07) is 16.3. The Hall–Kier alpha value is -1.67. The van der Waals surface area contributed by atoms with Crippen LogP contribution in [0.4, 0.5) is 0 Å². The minimum absolute atomic E-state index is 0.0159. The highest BCUT2D eigenvalue weighted by molar-refractivity contribution is 9.10. The predicted molar refractivity (Wildman–Crippen MR) is 121 cm³/mol. The van der Waals surface area contributed by atoms with Crippen LogP contribution in [0.1, 0.15) is 12.5 Å². The topological polar surface area (TPSA) is 48.6 Å². The maximum atomic E-state index is 12.9. The highest BCUT2D eigenvalue weighted by atomic mass is 79.9. The second-order valence-corrected chi connectivity index (χ2v) is 9.18. The van der Waals surface area contributed by atoms with E-state index in [0.29, 0.717) is 11.9 Å². The molecule has 1 N–H and O–H groups in total. The summed E-state index contributed by atoms with van der Waals surface area (Å²) < 4.78 is 8.66. The summed E-state index contributed by atoms with van der Waals surface area (Å²) in [6.07, 6.45) is 0.162. The van der Waals surface area contributed by atoms with Crippen molar-refractivity contribution in [2.45, 2.75) is 31.3 Å². The molecule has 2 atom stereocenters. The first-order valence-electron chi connectivity index (χ1n) is 9.96. The van der Waals surface area contributed by atoms with Crippen LogP contribution in [0.25, 0.3) is 10.9 Å². The number of morpholine rings is 1. The van der Waals surface area contributed by atoms with Gasteiger partial charge in [0.15, 0.2) is 5.16 Å². The van der Waals surface area contributed by atoms with Crippen LogP contribution in [0.5, 0.6) is 0 Å². The van der Waals surface area contributed by atoms with Crippen LogP contribution in [-0.4, -0.2) is 41.1 Å². The Morgan fingerprint density at radius 2 is 2.10 bits per heavy atom. The van der Waals surface area contributed by atoms with E-state index in [9.17, 15) is 4.79 Å². The summed E-state index contributed by atoms with van der Waals surface area (Å²) in [5.41, 5.74) is 2.12. The van der Waals surface area contributed by atoms with Crippen LogP contribution in [0, 0.1) is 0 Å². The molecule has 1 saturated heterocycles. The zero-order valence-corrected chi connectivity index (χ0v) is 18.8. The molecule has 1 unspecified atom stereocenters. The van der Waals surface area contributed by atoms with E-state index in [2.05, 4.69) is 46.3 Å². The number of rotatable bonds is 6. The number of nitrogens with one attached hydrogen (secondary N) is 1. The number of hydrogen-bond donors (Lipinski definition) is 1. The van der Waals surface area contributed by atoms with Crippen molar-refractivity contribution in [1.29, 1.82) is 0 Å². The minimum atomic E-state index is 0.0159. The SMILES string of the molecule is CCn1c(SC[C@H]2C[NH+](Cc3ccccc3)CCO2)nc2ccc(Br)cc2c1=O. The van der Waals surface area contributed by atoms with Gasteiger partial charge in [-0.05, 0) is 25.1 Å². The molecule has 0 bridgehead atoms. The molecule has 0 aliphatic carbocycles. The number of fused-ring (bicyclic) bond motifs is 1. The van der Waals surface area contributed by atoms with Crippen molar-refractivity contribution in [2.24, 2.45) is 0 Å². The first-order valence-corrected chi connectivity index (χ1v) is 11.7. The van der Waals surface area contributed by atoms with Crippen LogP contribution in [0.3, 0.4) is 0 Å². The van der Waals surface area contributed by atoms with E-state index in [1.54, 1.807) is 16.3 Å². The number of benzene rings is 2. The van der Waals surface area contributed by atoms with Crippen LogP contribution >= 0.6 is 27.7 Å². The van der Waals surface area contributed by atoms with Gasteiger partial charge >= 0.3 is 0 Å². The van der Waals surface area contributed by atoms with Crippen molar-refractivity contribution in [2.75, 3.05) is 25.4 Å². The Labute approximate surface area is 183 Å². The third-order valence-corrected chi connectivity index (χ3v) is 6.82. The molecule has 0 amide bonds.